The summed E-state index contributed by atoms with van der Waals surface area (Å²) in [6, 6.07) is 2.09. The van der Waals surface area contributed by atoms with Crippen molar-refractivity contribution in [3.8, 4) is 0 Å². The lowest BCUT2D eigenvalue weighted by Gasteiger charge is -2.01. The van der Waals surface area contributed by atoms with E-state index in [4.69, 9.17) is 0 Å². The van der Waals surface area contributed by atoms with Crippen molar-refractivity contribution >= 4 is 16.7 Å². The molecular weight excluding hydrogens is 202 g/mol. The fraction of sp³-hybridized carbons (Fsp3) is 0.308. The number of nitrogens with zero attached hydrogens (tertiary/aromatic N) is 1. The van der Waals surface area contributed by atoms with Crippen LogP contribution in [0, 0.1) is 6.92 Å². The van der Waals surface area contributed by atoms with Crippen molar-refractivity contribution in [3.63, 3.8) is 0 Å². The van der Waals surface area contributed by atoms with Crippen LogP contribution in [0.25, 0.3) is 4.91 Å². The molecule has 1 aromatic rings. The number of aromatic nitrogens is 1. The lowest BCUT2D eigenvalue weighted by molar-refractivity contribution is 1.26. The molecule has 82 valence electrons. The predicted molar refractivity (Wildman–Crippen MR) is 71.8 cm³/mol. The van der Waals surface area contributed by atoms with Gasteiger partial charge in [0.15, 0.2) is 0 Å². The summed E-state index contributed by atoms with van der Waals surface area (Å²) < 4.78 is 0. The smallest absolute Gasteiger partial charge is 0.0351 e. The Hall–Kier alpha value is -1.02. The summed E-state index contributed by atoms with van der Waals surface area (Å²) in [5, 5.41) is 2.02. The van der Waals surface area contributed by atoms with Crippen molar-refractivity contribution in [2.75, 3.05) is 0 Å². The Morgan fingerprint density at radius 1 is 1.40 bits per heavy atom. The Morgan fingerprint density at radius 3 is 2.60 bits per heavy atom. The van der Waals surface area contributed by atoms with E-state index >= 15 is 0 Å². The van der Waals surface area contributed by atoms with Crippen molar-refractivity contribution < 1.29 is 0 Å². The molecule has 1 heterocycles. The van der Waals surface area contributed by atoms with E-state index in [1.807, 2.05) is 51.6 Å². The van der Waals surface area contributed by atoms with Crippen LogP contribution < -0.4 is 0 Å². The summed E-state index contributed by atoms with van der Waals surface area (Å²) in [5.41, 5.74) is 2.27. The molecule has 0 spiro atoms. The standard InChI is InChI=1S/C11H13NS.C2H6/c1-4-5-13-10(3)11-6-9(2)7-12-8-11;1-2/h4-8H,3H2,1-2H3;1-2H3/b5-4-;. The van der Waals surface area contributed by atoms with Crippen LogP contribution in [0.3, 0.4) is 0 Å². The normalized spacial score (nSPS) is 9.60. The maximum atomic E-state index is 4.12. The van der Waals surface area contributed by atoms with E-state index in [0.29, 0.717) is 0 Å². The maximum Gasteiger partial charge on any atom is 0.0351 e. The van der Waals surface area contributed by atoms with E-state index in [0.717, 1.165) is 10.5 Å². The quantitative estimate of drug-likeness (QED) is 0.736. The van der Waals surface area contributed by atoms with Gasteiger partial charge in [-0.25, -0.2) is 0 Å². The number of hydrogen-bond acceptors (Lipinski definition) is 2. The molecule has 0 saturated heterocycles. The van der Waals surface area contributed by atoms with Crippen molar-refractivity contribution in [3.05, 3.63) is 47.6 Å². The van der Waals surface area contributed by atoms with Crippen LogP contribution in [0.1, 0.15) is 31.9 Å². The first-order valence-electron chi connectivity index (χ1n) is 5.13. The van der Waals surface area contributed by atoms with E-state index in [1.54, 1.807) is 11.8 Å². The predicted octanol–water partition coefficient (Wildman–Crippen LogP) is 4.65. The van der Waals surface area contributed by atoms with Gasteiger partial charge in [0.25, 0.3) is 0 Å². The minimum atomic E-state index is 1.04. The molecule has 0 amide bonds. The zero-order valence-corrected chi connectivity index (χ0v) is 10.8. The number of thioether (sulfide) groups is 1. The van der Waals surface area contributed by atoms with Gasteiger partial charge in [-0.3, -0.25) is 4.98 Å². The third-order valence-electron chi connectivity index (χ3n) is 1.54. The molecule has 1 nitrogen and oxygen atoms in total. The summed E-state index contributed by atoms with van der Waals surface area (Å²) in [5.74, 6) is 0. The highest BCUT2D eigenvalue weighted by Gasteiger charge is 1.97. The monoisotopic (exact) mass is 221 g/mol. The van der Waals surface area contributed by atoms with Gasteiger partial charge in [0.05, 0.1) is 0 Å². The highest BCUT2D eigenvalue weighted by atomic mass is 32.2. The SMILES string of the molecule is C=C(S/C=C\C)c1cncc(C)c1.CC. The first-order valence-corrected chi connectivity index (χ1v) is 6.00. The topological polar surface area (TPSA) is 12.9 Å². The van der Waals surface area contributed by atoms with Gasteiger partial charge in [-0.2, -0.15) is 0 Å². The number of hydrogen-bond donors (Lipinski definition) is 0. The molecule has 0 unspecified atom stereocenters. The summed E-state index contributed by atoms with van der Waals surface area (Å²) in [6.45, 7) is 12.0. The molecule has 1 rings (SSSR count). The lowest BCUT2D eigenvalue weighted by atomic mass is 10.2. The van der Waals surface area contributed by atoms with Crippen LogP contribution in [0.5, 0.6) is 0 Å². The maximum absolute atomic E-state index is 4.12. The van der Waals surface area contributed by atoms with Gasteiger partial charge in [-0.05, 0) is 30.9 Å². The Morgan fingerprint density at radius 2 is 2.07 bits per heavy atom. The van der Waals surface area contributed by atoms with Crippen LogP contribution >= 0.6 is 11.8 Å². The average molecular weight is 221 g/mol. The van der Waals surface area contributed by atoms with E-state index in [1.165, 1.54) is 5.56 Å². The summed E-state index contributed by atoms with van der Waals surface area (Å²) in [6.07, 6.45) is 5.68. The first kappa shape index (κ1) is 14.0. The van der Waals surface area contributed by atoms with Crippen LogP contribution in [0.2, 0.25) is 0 Å². The second-order valence-corrected chi connectivity index (χ2v) is 3.76. The van der Waals surface area contributed by atoms with Gasteiger partial charge in [0.2, 0.25) is 0 Å². The Balaban J connectivity index is 0.000000921. The highest BCUT2D eigenvalue weighted by Crippen LogP contribution is 2.25. The molecule has 0 aliphatic carbocycles. The summed E-state index contributed by atoms with van der Waals surface area (Å²) >= 11 is 1.62. The molecule has 2 heteroatoms. The van der Waals surface area contributed by atoms with Gasteiger partial charge in [0, 0.05) is 22.9 Å². The second kappa shape index (κ2) is 8.30. The second-order valence-electron chi connectivity index (χ2n) is 2.76. The van der Waals surface area contributed by atoms with Crippen molar-refractivity contribution in [2.24, 2.45) is 0 Å². The third kappa shape index (κ3) is 5.43. The lowest BCUT2D eigenvalue weighted by Crippen LogP contribution is -1.82. The third-order valence-corrected chi connectivity index (χ3v) is 2.47. The molecule has 15 heavy (non-hydrogen) atoms. The molecule has 0 aromatic carbocycles. The van der Waals surface area contributed by atoms with E-state index in [2.05, 4.69) is 17.6 Å². The molecule has 0 aliphatic rings. The molecule has 0 saturated carbocycles. The summed E-state index contributed by atoms with van der Waals surface area (Å²) in [4.78, 5) is 5.15. The molecule has 1 aromatic heterocycles. The van der Waals surface area contributed by atoms with Gasteiger partial charge in [-0.15, -0.1) is 0 Å². The molecule has 0 N–H and O–H groups in total. The Kier molecular flexibility index (Phi) is 7.74. The van der Waals surface area contributed by atoms with Gasteiger partial charge < -0.3 is 0 Å². The number of pyridine rings is 1. The van der Waals surface area contributed by atoms with Crippen LogP contribution in [0.15, 0.2) is 36.5 Å². The van der Waals surface area contributed by atoms with Crippen LogP contribution in [0.4, 0.5) is 0 Å². The zero-order valence-electron chi connectivity index (χ0n) is 9.95. The molecule has 0 atom stereocenters. The zero-order chi connectivity index (χ0) is 11.7. The minimum absolute atomic E-state index is 1.04. The van der Waals surface area contributed by atoms with Crippen molar-refractivity contribution in [2.45, 2.75) is 27.7 Å². The molecule has 0 bridgehead atoms. The fourth-order valence-corrected chi connectivity index (χ4v) is 1.47. The van der Waals surface area contributed by atoms with E-state index in [9.17, 15) is 0 Å². The van der Waals surface area contributed by atoms with E-state index in [-0.39, 0.29) is 0 Å². The molecule has 0 radical (unpaired) electrons. The summed E-state index contributed by atoms with van der Waals surface area (Å²) in [7, 11) is 0. The molecule has 0 aliphatic heterocycles. The Labute approximate surface area is 97.3 Å². The molecular formula is C13H19NS. The van der Waals surface area contributed by atoms with Crippen molar-refractivity contribution in [1.29, 1.82) is 0 Å². The Bertz CT molecular complexity index is 329. The van der Waals surface area contributed by atoms with Crippen molar-refractivity contribution in [1.82, 2.24) is 4.98 Å². The largest absolute Gasteiger partial charge is 0.264 e. The highest BCUT2D eigenvalue weighted by molar-refractivity contribution is 8.10. The first-order chi connectivity index (χ1) is 7.24. The number of aryl methyl sites for hydroxylation is 1. The van der Waals surface area contributed by atoms with E-state index < -0.39 is 0 Å². The van der Waals surface area contributed by atoms with Gasteiger partial charge >= 0.3 is 0 Å². The van der Waals surface area contributed by atoms with Crippen LogP contribution in [-0.4, -0.2) is 4.98 Å². The molecule has 0 fully saturated rings. The number of allylic oxidation sites excluding steroid dienone is 1. The number of rotatable bonds is 3. The van der Waals surface area contributed by atoms with Gasteiger partial charge in [0.1, 0.15) is 0 Å². The fourth-order valence-electron chi connectivity index (χ4n) is 0.926. The minimum Gasteiger partial charge on any atom is -0.264 e. The van der Waals surface area contributed by atoms with Gasteiger partial charge in [-0.1, -0.05) is 38.3 Å². The average Bonchev–Trinajstić information content (AvgIpc) is 2.28. The van der Waals surface area contributed by atoms with Crippen LogP contribution in [-0.2, 0) is 0 Å².